The van der Waals surface area contributed by atoms with E-state index in [1.54, 1.807) is 6.07 Å². The third-order valence-corrected chi connectivity index (χ3v) is 3.65. The minimum Gasteiger partial charge on any atom is -0.493 e. The molecule has 1 heterocycles. The predicted octanol–water partition coefficient (Wildman–Crippen LogP) is 2.44. The van der Waals surface area contributed by atoms with Crippen LogP contribution in [0.2, 0.25) is 0 Å². The maximum Gasteiger partial charge on any atom is 0.291 e. The van der Waals surface area contributed by atoms with Gasteiger partial charge in [-0.3, -0.25) is 9.59 Å². The van der Waals surface area contributed by atoms with Gasteiger partial charge in [0.2, 0.25) is 0 Å². The van der Waals surface area contributed by atoms with Gasteiger partial charge in [-0.25, -0.2) is 0 Å². The molecule has 4 N–H and O–H groups in total. The maximum absolute atomic E-state index is 12.6. The summed E-state index contributed by atoms with van der Waals surface area (Å²) in [5.41, 5.74) is 6.22. The van der Waals surface area contributed by atoms with Crippen LogP contribution in [-0.2, 0) is 0 Å². The summed E-state index contributed by atoms with van der Waals surface area (Å²) < 4.78 is 15.6. The maximum atomic E-state index is 12.6. The fourth-order valence-corrected chi connectivity index (χ4v) is 2.27. The second kappa shape index (κ2) is 10.4. The smallest absolute Gasteiger partial charge is 0.291 e. The monoisotopic (exact) mass is 397 g/mol. The van der Waals surface area contributed by atoms with E-state index in [1.165, 1.54) is 38.7 Å². The van der Waals surface area contributed by atoms with Gasteiger partial charge in [-0.2, -0.15) is 0 Å². The fraction of sp³-hybridized carbons (Fsp3) is 0.333. The van der Waals surface area contributed by atoms with Crippen LogP contribution in [0, 0.1) is 0 Å². The largest absolute Gasteiger partial charge is 0.493 e. The number of carbonyl (C=O) groups excluding carboxylic acids is 2. The van der Waals surface area contributed by atoms with Crippen LogP contribution in [0.25, 0.3) is 0 Å². The Bertz CT molecular complexity index is 763. The lowest BCUT2D eigenvalue weighted by atomic mass is 10.1. The van der Waals surface area contributed by atoms with Gasteiger partial charge in [-0.05, 0) is 31.5 Å². The van der Waals surface area contributed by atoms with E-state index >= 15 is 0 Å². The molecule has 8 nitrogen and oxygen atoms in total. The highest BCUT2D eigenvalue weighted by molar-refractivity contribution is 6.08. The topological polar surface area (TPSA) is 116 Å². The normalized spacial score (nSPS) is 11.1. The van der Waals surface area contributed by atoms with Crippen LogP contribution in [0.15, 0.2) is 34.9 Å². The van der Waals surface area contributed by atoms with Gasteiger partial charge in [-0.15, -0.1) is 12.4 Å². The van der Waals surface area contributed by atoms with Crippen molar-refractivity contribution in [2.75, 3.05) is 26.1 Å². The molecule has 1 atom stereocenters. The van der Waals surface area contributed by atoms with Gasteiger partial charge in [0.25, 0.3) is 11.8 Å². The summed E-state index contributed by atoms with van der Waals surface area (Å²) in [4.78, 5) is 24.8. The summed E-state index contributed by atoms with van der Waals surface area (Å²) in [5, 5.41) is 5.44. The van der Waals surface area contributed by atoms with E-state index in [0.717, 1.165) is 0 Å². The molecule has 0 radical (unpaired) electrons. The number of carbonyl (C=O) groups is 2. The number of halogens is 1. The van der Waals surface area contributed by atoms with Gasteiger partial charge in [0.05, 0.1) is 31.7 Å². The van der Waals surface area contributed by atoms with Crippen molar-refractivity contribution < 1.29 is 23.5 Å². The molecule has 0 spiro atoms. The van der Waals surface area contributed by atoms with Crippen molar-refractivity contribution in [3.8, 4) is 11.5 Å². The van der Waals surface area contributed by atoms with E-state index in [4.69, 9.17) is 19.6 Å². The summed E-state index contributed by atoms with van der Waals surface area (Å²) >= 11 is 0. The standard InChI is InChI=1S/C18H23N3O5.ClH/c1-11(19)6-7-20-17(22)12-9-15(24-2)16(25-3)10-13(12)21-18(23)14-5-4-8-26-14;/h4-5,8-11H,6-7,19H2,1-3H3,(H,20,22)(H,21,23);1H. The van der Waals surface area contributed by atoms with Gasteiger partial charge in [-0.1, -0.05) is 0 Å². The molecule has 0 saturated heterocycles. The van der Waals surface area contributed by atoms with E-state index < -0.39 is 5.91 Å². The lowest BCUT2D eigenvalue weighted by Crippen LogP contribution is -2.29. The molecular formula is C18H24ClN3O5. The number of hydrogen-bond acceptors (Lipinski definition) is 6. The molecule has 1 aromatic carbocycles. The van der Waals surface area contributed by atoms with Crippen LogP contribution in [-0.4, -0.2) is 38.6 Å². The molecule has 27 heavy (non-hydrogen) atoms. The first-order chi connectivity index (χ1) is 12.5. The molecule has 2 amide bonds. The summed E-state index contributed by atoms with van der Waals surface area (Å²) in [5.74, 6) is 0.0477. The highest BCUT2D eigenvalue weighted by Crippen LogP contribution is 2.33. The Morgan fingerprint density at radius 2 is 1.85 bits per heavy atom. The van der Waals surface area contributed by atoms with Crippen LogP contribution < -0.4 is 25.8 Å². The minimum atomic E-state index is -0.480. The molecule has 148 valence electrons. The summed E-state index contributed by atoms with van der Waals surface area (Å²) in [6.45, 7) is 2.27. The van der Waals surface area contributed by atoms with Crippen molar-refractivity contribution in [1.29, 1.82) is 0 Å². The van der Waals surface area contributed by atoms with Crippen LogP contribution in [0.5, 0.6) is 11.5 Å². The molecular weight excluding hydrogens is 374 g/mol. The van der Waals surface area contributed by atoms with Crippen molar-refractivity contribution >= 4 is 29.9 Å². The Hall–Kier alpha value is -2.71. The van der Waals surface area contributed by atoms with Crippen molar-refractivity contribution in [3.63, 3.8) is 0 Å². The van der Waals surface area contributed by atoms with Crippen LogP contribution in [0.4, 0.5) is 5.69 Å². The molecule has 0 aliphatic heterocycles. The van der Waals surface area contributed by atoms with Crippen molar-refractivity contribution in [2.24, 2.45) is 5.73 Å². The Balaban J connectivity index is 0.00000364. The fourth-order valence-electron chi connectivity index (χ4n) is 2.27. The molecule has 0 aliphatic carbocycles. The average molecular weight is 398 g/mol. The summed E-state index contributed by atoms with van der Waals surface area (Å²) in [6, 6.07) is 6.14. The number of anilines is 1. The molecule has 0 bridgehead atoms. The first-order valence-electron chi connectivity index (χ1n) is 8.11. The summed E-state index contributed by atoms with van der Waals surface area (Å²) in [7, 11) is 2.94. The number of ether oxygens (including phenoxy) is 2. The predicted molar refractivity (Wildman–Crippen MR) is 104 cm³/mol. The quantitative estimate of drug-likeness (QED) is 0.630. The number of methoxy groups -OCH3 is 2. The number of nitrogens with two attached hydrogens (primary N) is 1. The zero-order valence-corrected chi connectivity index (χ0v) is 16.2. The molecule has 1 unspecified atom stereocenters. The summed E-state index contributed by atoms with van der Waals surface area (Å²) in [6.07, 6.45) is 2.03. The van der Waals surface area contributed by atoms with E-state index in [9.17, 15) is 9.59 Å². The van der Waals surface area contributed by atoms with Crippen LogP contribution in [0.1, 0.15) is 34.3 Å². The number of benzene rings is 1. The minimum absolute atomic E-state index is 0. The average Bonchev–Trinajstić information content (AvgIpc) is 3.15. The van der Waals surface area contributed by atoms with E-state index in [0.29, 0.717) is 24.5 Å². The molecule has 2 rings (SSSR count). The van der Waals surface area contributed by atoms with Crippen molar-refractivity contribution in [2.45, 2.75) is 19.4 Å². The lowest BCUT2D eigenvalue weighted by Gasteiger charge is -2.15. The zero-order valence-electron chi connectivity index (χ0n) is 15.4. The molecule has 0 fully saturated rings. The van der Waals surface area contributed by atoms with Gasteiger partial charge in [0.15, 0.2) is 17.3 Å². The first kappa shape index (κ1) is 22.3. The van der Waals surface area contributed by atoms with E-state index in [2.05, 4.69) is 10.6 Å². The highest BCUT2D eigenvalue weighted by Gasteiger charge is 2.20. The van der Waals surface area contributed by atoms with E-state index in [1.807, 2.05) is 6.92 Å². The third-order valence-electron chi connectivity index (χ3n) is 3.65. The zero-order chi connectivity index (χ0) is 19.1. The van der Waals surface area contributed by atoms with Gasteiger partial charge in [0.1, 0.15) is 0 Å². The molecule has 9 heteroatoms. The second-order valence-electron chi connectivity index (χ2n) is 5.71. The Morgan fingerprint density at radius 3 is 2.41 bits per heavy atom. The second-order valence-corrected chi connectivity index (χ2v) is 5.71. The van der Waals surface area contributed by atoms with Gasteiger partial charge >= 0.3 is 0 Å². The number of amides is 2. The van der Waals surface area contributed by atoms with Crippen molar-refractivity contribution in [3.05, 3.63) is 41.9 Å². The third kappa shape index (κ3) is 5.90. The highest BCUT2D eigenvalue weighted by atomic mass is 35.5. The molecule has 0 aliphatic rings. The Morgan fingerprint density at radius 1 is 1.19 bits per heavy atom. The first-order valence-corrected chi connectivity index (χ1v) is 8.11. The number of furan rings is 1. The van der Waals surface area contributed by atoms with Gasteiger partial charge in [0, 0.05) is 18.7 Å². The van der Waals surface area contributed by atoms with Gasteiger partial charge < -0.3 is 30.3 Å². The number of rotatable bonds is 8. The number of hydrogen-bond donors (Lipinski definition) is 3. The molecule has 0 saturated carbocycles. The SMILES string of the molecule is COc1cc(NC(=O)c2ccco2)c(C(=O)NCCC(C)N)cc1OC.Cl. The lowest BCUT2D eigenvalue weighted by molar-refractivity contribution is 0.0953. The van der Waals surface area contributed by atoms with E-state index in [-0.39, 0.29) is 41.4 Å². The van der Waals surface area contributed by atoms with Crippen LogP contribution in [0.3, 0.4) is 0 Å². The Kier molecular flexibility index (Phi) is 8.64. The molecule has 1 aromatic heterocycles. The number of nitrogens with one attached hydrogen (secondary N) is 2. The van der Waals surface area contributed by atoms with Crippen molar-refractivity contribution in [1.82, 2.24) is 5.32 Å². The Labute approximate surface area is 163 Å². The molecule has 2 aromatic rings. The van der Waals surface area contributed by atoms with Crippen LogP contribution >= 0.6 is 12.4 Å².